The molecule has 0 aliphatic heterocycles. The first kappa shape index (κ1) is 18.7. The third-order valence-electron chi connectivity index (χ3n) is 3.84. The van der Waals surface area contributed by atoms with Gasteiger partial charge in [-0.2, -0.15) is 13.5 Å². The highest BCUT2D eigenvalue weighted by Crippen LogP contribution is 2.29. The number of hydrogen-bond donors (Lipinski definition) is 0. The quantitative estimate of drug-likeness (QED) is 0.603. The van der Waals surface area contributed by atoms with Gasteiger partial charge in [0.1, 0.15) is 0 Å². The van der Waals surface area contributed by atoms with Gasteiger partial charge in [-0.15, -0.1) is 5.10 Å². The number of hydrogen-bond acceptors (Lipinski definition) is 6. The Balaban J connectivity index is 1.70. The van der Waals surface area contributed by atoms with Crippen molar-refractivity contribution in [2.24, 2.45) is 0 Å². The smallest absolute Gasteiger partial charge is 0.387 e. The van der Waals surface area contributed by atoms with Crippen molar-refractivity contribution >= 4 is 0 Å². The lowest BCUT2D eigenvalue weighted by molar-refractivity contribution is -0.0512. The van der Waals surface area contributed by atoms with Crippen LogP contribution in [0.1, 0.15) is 11.4 Å². The summed E-state index contributed by atoms with van der Waals surface area (Å²) < 4.78 is 36.1. The minimum Gasteiger partial charge on any atom is -0.493 e. The Hall–Kier alpha value is -3.07. The molecule has 0 radical (unpaired) electrons. The van der Waals surface area contributed by atoms with Gasteiger partial charge < -0.3 is 9.47 Å². The molecule has 1 heterocycles. The van der Waals surface area contributed by atoms with Gasteiger partial charge in [0, 0.05) is 6.54 Å². The second-order valence-corrected chi connectivity index (χ2v) is 5.88. The summed E-state index contributed by atoms with van der Waals surface area (Å²) in [6.07, 6.45) is 0. The highest BCUT2D eigenvalue weighted by molar-refractivity contribution is 5.43. The number of benzene rings is 2. The van der Waals surface area contributed by atoms with E-state index in [9.17, 15) is 8.78 Å². The van der Waals surface area contributed by atoms with Crippen LogP contribution in [0, 0.1) is 0 Å². The van der Waals surface area contributed by atoms with Crippen LogP contribution >= 0.6 is 0 Å². The molecule has 1 aromatic heterocycles. The van der Waals surface area contributed by atoms with Crippen LogP contribution in [0.3, 0.4) is 0 Å². The van der Waals surface area contributed by atoms with Crippen molar-refractivity contribution in [3.63, 3.8) is 0 Å². The van der Waals surface area contributed by atoms with Crippen LogP contribution in [0.15, 0.2) is 48.5 Å². The molecule has 0 saturated carbocycles. The minimum absolute atomic E-state index is 0.00641. The molecule has 0 atom stereocenters. The van der Waals surface area contributed by atoms with E-state index in [0.29, 0.717) is 18.9 Å². The Bertz CT molecular complexity index is 873. The maximum Gasteiger partial charge on any atom is 0.387 e. The van der Waals surface area contributed by atoms with Gasteiger partial charge in [0.05, 0.1) is 19.3 Å². The van der Waals surface area contributed by atoms with E-state index in [4.69, 9.17) is 4.74 Å². The number of halogens is 2. The van der Waals surface area contributed by atoms with Gasteiger partial charge in [0.15, 0.2) is 17.3 Å². The lowest BCUT2D eigenvalue weighted by Gasteiger charge is -2.17. The number of rotatable bonds is 8. The Morgan fingerprint density at radius 3 is 2.56 bits per heavy atom. The summed E-state index contributed by atoms with van der Waals surface area (Å²) in [4.78, 5) is 2.01. The number of tetrazole rings is 1. The summed E-state index contributed by atoms with van der Waals surface area (Å²) in [6, 6.07) is 14.5. The molecule has 0 fully saturated rings. The van der Waals surface area contributed by atoms with Crippen molar-refractivity contribution in [3.8, 4) is 17.2 Å². The average Bonchev–Trinajstić information content (AvgIpc) is 3.11. The van der Waals surface area contributed by atoms with Gasteiger partial charge in [0.25, 0.3) is 0 Å². The van der Waals surface area contributed by atoms with Crippen LogP contribution in [-0.2, 0) is 13.1 Å². The third-order valence-corrected chi connectivity index (χ3v) is 3.84. The number of methoxy groups -OCH3 is 1. The molecule has 0 amide bonds. The predicted octanol–water partition coefficient (Wildman–Crippen LogP) is 2.90. The van der Waals surface area contributed by atoms with Crippen LogP contribution < -0.4 is 9.47 Å². The fraction of sp³-hybridized carbons (Fsp3) is 0.278. The second kappa shape index (κ2) is 8.54. The molecule has 0 spiro atoms. The van der Waals surface area contributed by atoms with Crippen molar-refractivity contribution in [3.05, 3.63) is 59.9 Å². The third kappa shape index (κ3) is 4.76. The molecule has 27 heavy (non-hydrogen) atoms. The van der Waals surface area contributed by atoms with E-state index in [1.807, 2.05) is 42.3 Å². The zero-order valence-corrected chi connectivity index (χ0v) is 14.9. The first-order chi connectivity index (χ1) is 13.1. The number of alkyl halides is 2. The van der Waals surface area contributed by atoms with Gasteiger partial charge in [0.2, 0.25) is 0 Å². The standard InChI is InChI=1S/C18H19F2N5O2/c1-24(11-13-8-9-15(27-18(19)20)16(10-13)26-2)12-17-21-22-23-25(17)14-6-4-3-5-7-14/h3-10,18H,11-12H2,1-2H3. The Morgan fingerprint density at radius 2 is 1.85 bits per heavy atom. The molecule has 7 nitrogen and oxygen atoms in total. The van der Waals surface area contributed by atoms with E-state index in [2.05, 4.69) is 20.3 Å². The molecular formula is C18H19F2N5O2. The summed E-state index contributed by atoms with van der Waals surface area (Å²) in [6.45, 7) is -1.85. The molecule has 142 valence electrons. The SMILES string of the molecule is COc1cc(CN(C)Cc2nnnn2-c2ccccc2)ccc1OC(F)F. The van der Waals surface area contributed by atoms with Crippen LogP contribution in [-0.4, -0.2) is 45.9 Å². The second-order valence-electron chi connectivity index (χ2n) is 5.88. The molecule has 0 N–H and O–H groups in total. The largest absolute Gasteiger partial charge is 0.493 e. The van der Waals surface area contributed by atoms with Gasteiger partial charge in [-0.05, 0) is 47.3 Å². The highest BCUT2D eigenvalue weighted by atomic mass is 19.3. The maximum absolute atomic E-state index is 12.4. The van der Waals surface area contributed by atoms with E-state index in [0.717, 1.165) is 11.3 Å². The molecule has 9 heteroatoms. The molecule has 0 aliphatic rings. The summed E-state index contributed by atoms with van der Waals surface area (Å²) in [5.74, 6) is 0.954. The first-order valence-corrected chi connectivity index (χ1v) is 8.19. The summed E-state index contributed by atoms with van der Waals surface area (Å²) in [5, 5.41) is 11.9. The van der Waals surface area contributed by atoms with E-state index in [1.165, 1.54) is 13.2 Å². The lowest BCUT2D eigenvalue weighted by atomic mass is 10.2. The van der Waals surface area contributed by atoms with Gasteiger partial charge >= 0.3 is 6.61 Å². The molecule has 0 unspecified atom stereocenters. The number of aromatic nitrogens is 4. The number of ether oxygens (including phenoxy) is 2. The first-order valence-electron chi connectivity index (χ1n) is 8.19. The lowest BCUT2D eigenvalue weighted by Crippen LogP contribution is -2.20. The van der Waals surface area contributed by atoms with Gasteiger partial charge in [-0.1, -0.05) is 24.3 Å². The normalized spacial score (nSPS) is 11.2. The molecule has 0 aliphatic carbocycles. The Kier molecular flexibility index (Phi) is 5.92. The Morgan fingerprint density at radius 1 is 1.07 bits per heavy atom. The van der Waals surface area contributed by atoms with E-state index in [1.54, 1.807) is 16.8 Å². The number of para-hydroxylation sites is 1. The van der Waals surface area contributed by atoms with Crippen molar-refractivity contribution in [1.29, 1.82) is 0 Å². The summed E-state index contributed by atoms with van der Waals surface area (Å²) >= 11 is 0. The van der Waals surface area contributed by atoms with Gasteiger partial charge in [-0.25, -0.2) is 0 Å². The van der Waals surface area contributed by atoms with Crippen molar-refractivity contribution in [2.75, 3.05) is 14.2 Å². The maximum atomic E-state index is 12.4. The number of nitrogens with zero attached hydrogens (tertiary/aromatic N) is 5. The van der Waals surface area contributed by atoms with E-state index >= 15 is 0 Å². The van der Waals surface area contributed by atoms with Crippen molar-refractivity contribution < 1.29 is 18.3 Å². The highest BCUT2D eigenvalue weighted by Gasteiger charge is 2.14. The van der Waals surface area contributed by atoms with Gasteiger partial charge in [-0.3, -0.25) is 4.90 Å². The van der Waals surface area contributed by atoms with Crippen LogP contribution in [0.5, 0.6) is 11.5 Å². The van der Waals surface area contributed by atoms with Crippen molar-refractivity contribution in [1.82, 2.24) is 25.1 Å². The zero-order valence-electron chi connectivity index (χ0n) is 14.9. The average molecular weight is 375 g/mol. The minimum atomic E-state index is -2.90. The predicted molar refractivity (Wildman–Crippen MR) is 94.0 cm³/mol. The molecule has 0 bridgehead atoms. The Labute approximate surface area is 155 Å². The van der Waals surface area contributed by atoms with Crippen LogP contribution in [0.25, 0.3) is 5.69 Å². The topological polar surface area (TPSA) is 65.3 Å². The summed E-state index contributed by atoms with van der Waals surface area (Å²) in [7, 11) is 3.33. The monoisotopic (exact) mass is 375 g/mol. The molecule has 3 rings (SSSR count). The molecular weight excluding hydrogens is 356 g/mol. The van der Waals surface area contributed by atoms with E-state index < -0.39 is 6.61 Å². The zero-order chi connectivity index (χ0) is 19.2. The van der Waals surface area contributed by atoms with Crippen molar-refractivity contribution in [2.45, 2.75) is 19.7 Å². The van der Waals surface area contributed by atoms with Crippen LogP contribution in [0.4, 0.5) is 8.78 Å². The molecule has 3 aromatic rings. The molecule has 2 aromatic carbocycles. The van der Waals surface area contributed by atoms with E-state index in [-0.39, 0.29) is 11.5 Å². The summed E-state index contributed by atoms with van der Waals surface area (Å²) in [5.41, 5.74) is 1.76. The van der Waals surface area contributed by atoms with Crippen LogP contribution in [0.2, 0.25) is 0 Å². The fourth-order valence-corrected chi connectivity index (χ4v) is 2.69. The molecule has 0 saturated heterocycles. The fourth-order valence-electron chi connectivity index (χ4n) is 2.69.